The van der Waals surface area contributed by atoms with Crippen molar-refractivity contribution in [1.29, 1.82) is 0 Å². The second-order valence-corrected chi connectivity index (χ2v) is 5.45. The van der Waals surface area contributed by atoms with Gasteiger partial charge in [0, 0.05) is 53.7 Å². The molecule has 0 saturated heterocycles. The number of aryl methyl sites for hydroxylation is 2. The van der Waals surface area contributed by atoms with E-state index in [-0.39, 0.29) is 28.6 Å². The van der Waals surface area contributed by atoms with Gasteiger partial charge < -0.3 is 10.2 Å². The normalized spacial score (nSPS) is 11.1. The van der Waals surface area contributed by atoms with Gasteiger partial charge in [-0.3, -0.25) is 9.98 Å². The molecule has 0 atom stereocenters. The van der Waals surface area contributed by atoms with Crippen LogP contribution in [-0.2, 0) is 17.1 Å². The molecule has 2 aromatic rings. The Hall–Kier alpha value is -2.10. The van der Waals surface area contributed by atoms with E-state index in [1.54, 1.807) is 12.4 Å². The Kier molecular flexibility index (Phi) is 8.24. The van der Waals surface area contributed by atoms with E-state index < -0.39 is 0 Å². The summed E-state index contributed by atoms with van der Waals surface area (Å²) in [6.45, 7) is 5.01. The van der Waals surface area contributed by atoms with Gasteiger partial charge in [0.2, 0.25) is 0 Å². The number of aliphatic imine (C=N–C) groups is 2. The molecule has 2 aromatic carbocycles. The van der Waals surface area contributed by atoms with E-state index in [1.165, 1.54) is 0 Å². The molecule has 0 amide bonds. The predicted octanol–water partition coefficient (Wildman–Crippen LogP) is 3.64. The molecule has 131 valence electrons. The van der Waals surface area contributed by atoms with Crippen LogP contribution in [0.1, 0.15) is 28.7 Å². The molecule has 0 aliphatic rings. The van der Waals surface area contributed by atoms with Crippen molar-refractivity contribution in [3.63, 3.8) is 0 Å². The summed E-state index contributed by atoms with van der Waals surface area (Å²) in [5.74, 6) is 0.563. The summed E-state index contributed by atoms with van der Waals surface area (Å²) in [5.41, 5.74) is 3.16. The summed E-state index contributed by atoms with van der Waals surface area (Å²) in [6.07, 6.45) is 4.20. The summed E-state index contributed by atoms with van der Waals surface area (Å²) in [4.78, 5) is 8.62. The van der Waals surface area contributed by atoms with Gasteiger partial charge in [0.15, 0.2) is 0 Å². The fourth-order valence-electron chi connectivity index (χ4n) is 2.15. The third-order valence-corrected chi connectivity index (χ3v) is 3.57. The quantitative estimate of drug-likeness (QED) is 0.461. The first kappa shape index (κ1) is 19.9. The van der Waals surface area contributed by atoms with Gasteiger partial charge in [0.1, 0.15) is 11.5 Å². The molecule has 0 aliphatic heterocycles. The molecule has 0 bridgehead atoms. The Morgan fingerprint density at radius 1 is 0.792 bits per heavy atom. The third-order valence-electron chi connectivity index (χ3n) is 3.57. The van der Waals surface area contributed by atoms with Crippen LogP contribution in [0.15, 0.2) is 46.4 Å². The number of hydrogen-bond acceptors (Lipinski definition) is 4. The summed E-state index contributed by atoms with van der Waals surface area (Å²) in [5, 5.41) is 19.7. The first-order valence-electron chi connectivity index (χ1n) is 7.66. The van der Waals surface area contributed by atoms with Crippen molar-refractivity contribution in [2.75, 3.05) is 13.1 Å². The number of hydrogen-bond donors (Lipinski definition) is 2. The zero-order chi connectivity index (χ0) is 16.7. The van der Waals surface area contributed by atoms with Crippen molar-refractivity contribution in [2.24, 2.45) is 9.98 Å². The maximum absolute atomic E-state index is 9.87. The van der Waals surface area contributed by atoms with Crippen LogP contribution in [0.3, 0.4) is 0 Å². The SMILES string of the molecule is Cc1cccc(C=NCCCN=Cc2cccc(C)c2O)c1O.[Cu]. The largest absolute Gasteiger partial charge is 0.507 e. The van der Waals surface area contributed by atoms with Crippen LogP contribution in [-0.4, -0.2) is 35.7 Å². The summed E-state index contributed by atoms with van der Waals surface area (Å²) in [6, 6.07) is 11.2. The van der Waals surface area contributed by atoms with Crippen LogP contribution in [0.5, 0.6) is 11.5 Å². The van der Waals surface area contributed by atoms with Crippen molar-refractivity contribution in [3.8, 4) is 11.5 Å². The maximum Gasteiger partial charge on any atom is 0.127 e. The van der Waals surface area contributed by atoms with Crippen LogP contribution in [0, 0.1) is 13.8 Å². The van der Waals surface area contributed by atoms with Crippen LogP contribution in [0.2, 0.25) is 0 Å². The topological polar surface area (TPSA) is 65.2 Å². The third kappa shape index (κ3) is 5.52. The van der Waals surface area contributed by atoms with Gasteiger partial charge in [-0.2, -0.15) is 0 Å². The first-order valence-corrected chi connectivity index (χ1v) is 7.66. The van der Waals surface area contributed by atoms with Crippen LogP contribution in [0.4, 0.5) is 0 Å². The molecular formula is C19H22CuN2O2. The van der Waals surface area contributed by atoms with E-state index in [0.29, 0.717) is 13.1 Å². The van der Waals surface area contributed by atoms with Gasteiger partial charge >= 0.3 is 0 Å². The maximum atomic E-state index is 9.87. The average Bonchev–Trinajstić information content (AvgIpc) is 2.54. The van der Waals surface area contributed by atoms with Gasteiger partial charge in [-0.05, 0) is 43.5 Å². The molecule has 1 radical (unpaired) electrons. The smallest absolute Gasteiger partial charge is 0.127 e. The number of phenolic OH excluding ortho intramolecular Hbond substituents is 2. The van der Waals surface area contributed by atoms with E-state index in [9.17, 15) is 10.2 Å². The number of nitrogens with zero attached hydrogens (tertiary/aromatic N) is 2. The molecule has 0 aromatic heterocycles. The van der Waals surface area contributed by atoms with Crippen molar-refractivity contribution in [3.05, 3.63) is 58.7 Å². The van der Waals surface area contributed by atoms with Crippen LogP contribution in [0.25, 0.3) is 0 Å². The molecule has 0 aliphatic carbocycles. The zero-order valence-electron chi connectivity index (χ0n) is 13.8. The molecule has 0 heterocycles. The minimum absolute atomic E-state index is 0. The fourth-order valence-corrected chi connectivity index (χ4v) is 2.15. The number of phenols is 2. The molecule has 5 heteroatoms. The Morgan fingerprint density at radius 3 is 1.62 bits per heavy atom. The van der Waals surface area contributed by atoms with Crippen molar-refractivity contribution < 1.29 is 27.3 Å². The molecular weight excluding hydrogens is 352 g/mol. The van der Waals surface area contributed by atoms with E-state index in [1.807, 2.05) is 50.2 Å². The standard InChI is InChI=1S/C19H22N2O2.Cu/c1-14-6-3-8-16(18(14)22)12-20-10-5-11-21-13-17-9-4-7-15(2)19(17)23;/h3-4,6-9,12-13,22-23H,5,10-11H2,1-2H3;. The van der Waals surface area contributed by atoms with Crippen molar-refractivity contribution >= 4 is 12.4 Å². The van der Waals surface area contributed by atoms with Gasteiger partial charge in [0.25, 0.3) is 0 Å². The van der Waals surface area contributed by atoms with Crippen molar-refractivity contribution in [1.82, 2.24) is 0 Å². The molecule has 2 rings (SSSR count). The van der Waals surface area contributed by atoms with Gasteiger partial charge in [-0.15, -0.1) is 0 Å². The van der Waals surface area contributed by atoms with E-state index in [4.69, 9.17) is 0 Å². The Labute approximate surface area is 153 Å². The van der Waals surface area contributed by atoms with Crippen LogP contribution >= 0.6 is 0 Å². The molecule has 0 fully saturated rings. The van der Waals surface area contributed by atoms with Gasteiger partial charge in [-0.25, -0.2) is 0 Å². The Morgan fingerprint density at radius 2 is 1.21 bits per heavy atom. The molecule has 24 heavy (non-hydrogen) atoms. The molecule has 4 nitrogen and oxygen atoms in total. The minimum Gasteiger partial charge on any atom is -0.507 e. The molecule has 2 N–H and O–H groups in total. The molecule has 0 unspecified atom stereocenters. The first-order chi connectivity index (χ1) is 11.1. The second kappa shape index (κ2) is 9.91. The second-order valence-electron chi connectivity index (χ2n) is 5.45. The van der Waals surface area contributed by atoms with E-state index in [2.05, 4.69) is 9.98 Å². The zero-order valence-corrected chi connectivity index (χ0v) is 14.8. The summed E-state index contributed by atoms with van der Waals surface area (Å²) < 4.78 is 0. The fraction of sp³-hybridized carbons (Fsp3) is 0.263. The number of benzene rings is 2. The number of rotatable bonds is 6. The van der Waals surface area contributed by atoms with Gasteiger partial charge in [-0.1, -0.05) is 24.3 Å². The summed E-state index contributed by atoms with van der Waals surface area (Å²) >= 11 is 0. The van der Waals surface area contributed by atoms with Gasteiger partial charge in [0.05, 0.1) is 0 Å². The monoisotopic (exact) mass is 373 g/mol. The minimum atomic E-state index is 0. The molecule has 0 spiro atoms. The molecule has 0 saturated carbocycles. The Bertz CT molecular complexity index is 666. The predicted molar refractivity (Wildman–Crippen MR) is 95.2 cm³/mol. The van der Waals surface area contributed by atoms with E-state index >= 15 is 0 Å². The number of aromatic hydroxyl groups is 2. The average molecular weight is 374 g/mol. The van der Waals surface area contributed by atoms with E-state index in [0.717, 1.165) is 28.7 Å². The van der Waals surface area contributed by atoms with Crippen LogP contribution < -0.4 is 0 Å². The summed E-state index contributed by atoms with van der Waals surface area (Å²) in [7, 11) is 0. The Balaban J connectivity index is 0.00000288. The van der Waals surface area contributed by atoms with Crippen molar-refractivity contribution in [2.45, 2.75) is 20.3 Å². The number of para-hydroxylation sites is 2.